The molecule has 0 amide bonds. The fourth-order valence-electron chi connectivity index (χ4n) is 3.80. The molecule has 1 fully saturated rings. The number of para-hydroxylation sites is 1. The summed E-state index contributed by atoms with van der Waals surface area (Å²) in [5.74, 6) is -1.05. The molecule has 1 saturated heterocycles. The highest BCUT2D eigenvalue weighted by Gasteiger charge is 2.53. The van der Waals surface area contributed by atoms with Crippen LogP contribution in [-0.2, 0) is 23.4 Å². The molecule has 11 nitrogen and oxygen atoms in total. The van der Waals surface area contributed by atoms with E-state index >= 15 is 0 Å². The molecule has 1 aliphatic rings. The van der Waals surface area contributed by atoms with Crippen LogP contribution in [0.2, 0.25) is 0 Å². The SMILES string of the molecule is CCCCOC(=O)[C@H](C)CP(=O)(OC[C@H]1O[C@@H](n2ccc(=O)[nH]c2=S)C(C)(O)[C@H]1O)Oc1ccccc1. The van der Waals surface area contributed by atoms with Gasteiger partial charge >= 0.3 is 13.6 Å². The van der Waals surface area contributed by atoms with Crippen LogP contribution in [0.4, 0.5) is 0 Å². The highest BCUT2D eigenvalue weighted by Crippen LogP contribution is 2.51. The van der Waals surface area contributed by atoms with Crippen LogP contribution in [0.5, 0.6) is 5.75 Å². The van der Waals surface area contributed by atoms with E-state index in [0.717, 1.165) is 6.42 Å². The van der Waals surface area contributed by atoms with E-state index in [1.165, 1.54) is 23.8 Å². The maximum atomic E-state index is 13.8. The highest BCUT2D eigenvalue weighted by molar-refractivity contribution is 7.71. The fourth-order valence-corrected chi connectivity index (χ4v) is 5.93. The molecular formula is C24H33N2O9PS. The normalized spacial score (nSPS) is 25.8. The first-order valence-electron chi connectivity index (χ1n) is 12.0. The summed E-state index contributed by atoms with van der Waals surface area (Å²) in [5.41, 5.74) is -2.26. The number of ether oxygens (including phenoxy) is 2. The number of H-pyrrole nitrogens is 1. The lowest BCUT2D eigenvalue weighted by Crippen LogP contribution is -2.44. The lowest BCUT2D eigenvalue weighted by Gasteiger charge is -2.28. The van der Waals surface area contributed by atoms with Gasteiger partial charge in [-0.05, 0) is 37.7 Å². The molecule has 0 saturated carbocycles. The van der Waals surface area contributed by atoms with Crippen LogP contribution >= 0.6 is 19.8 Å². The largest absolute Gasteiger partial charge is 0.465 e. The van der Waals surface area contributed by atoms with Crippen LogP contribution in [0.1, 0.15) is 39.8 Å². The van der Waals surface area contributed by atoms with E-state index in [2.05, 4.69) is 4.98 Å². The van der Waals surface area contributed by atoms with Gasteiger partial charge in [-0.1, -0.05) is 38.5 Å². The van der Waals surface area contributed by atoms with Crippen LogP contribution in [0.15, 0.2) is 47.4 Å². The smallest absolute Gasteiger partial charge is 0.380 e. The predicted molar refractivity (Wildman–Crippen MR) is 137 cm³/mol. The first-order valence-corrected chi connectivity index (χ1v) is 14.1. The van der Waals surface area contributed by atoms with E-state index in [9.17, 15) is 24.4 Å². The first kappa shape index (κ1) is 29.2. The van der Waals surface area contributed by atoms with Gasteiger partial charge in [0.05, 0.1) is 25.3 Å². The Kier molecular flexibility index (Phi) is 9.85. The van der Waals surface area contributed by atoms with Crippen molar-refractivity contribution >= 4 is 25.8 Å². The molecule has 3 N–H and O–H groups in total. The molecule has 0 radical (unpaired) electrons. The molecule has 1 aromatic heterocycles. The number of aromatic nitrogens is 2. The monoisotopic (exact) mass is 556 g/mol. The zero-order valence-electron chi connectivity index (χ0n) is 20.9. The molecule has 37 heavy (non-hydrogen) atoms. The van der Waals surface area contributed by atoms with Gasteiger partial charge < -0.3 is 24.2 Å². The van der Waals surface area contributed by atoms with Crippen molar-refractivity contribution in [1.82, 2.24) is 9.55 Å². The van der Waals surface area contributed by atoms with E-state index in [-0.39, 0.29) is 23.3 Å². The van der Waals surface area contributed by atoms with Crippen molar-refractivity contribution in [1.29, 1.82) is 0 Å². The standard InChI is InChI=1S/C24H33N2O9PS/c1-4-5-13-32-21(29)16(2)15-36(31,35-17-9-7-6-8-10-17)33-14-18-20(28)24(3,30)22(34-18)26-12-11-19(27)25-23(26)37/h6-12,16,18,20,22,28,30H,4-5,13-15H2,1-3H3,(H,25,27,37)/t16-,18-,20+,22-,24?,36?/m1/s1. The van der Waals surface area contributed by atoms with Gasteiger partial charge in [0.25, 0.3) is 5.56 Å². The Labute approximate surface area is 219 Å². The van der Waals surface area contributed by atoms with Gasteiger partial charge in [0.2, 0.25) is 0 Å². The molecule has 13 heteroatoms. The van der Waals surface area contributed by atoms with E-state index < -0.39 is 55.7 Å². The quantitative estimate of drug-likeness (QED) is 0.154. The maximum absolute atomic E-state index is 13.8. The van der Waals surface area contributed by atoms with Crippen molar-refractivity contribution in [2.75, 3.05) is 19.4 Å². The fraction of sp³-hybridized carbons (Fsp3) is 0.542. The van der Waals surface area contributed by atoms with Crippen LogP contribution in [0.25, 0.3) is 0 Å². The van der Waals surface area contributed by atoms with Crippen LogP contribution < -0.4 is 10.1 Å². The third-order valence-electron chi connectivity index (χ3n) is 5.92. The van der Waals surface area contributed by atoms with Crippen molar-refractivity contribution in [2.24, 2.45) is 5.92 Å². The summed E-state index contributed by atoms with van der Waals surface area (Å²) in [6.07, 6.45) is -1.13. The number of nitrogens with one attached hydrogen (secondary N) is 1. The van der Waals surface area contributed by atoms with Crippen LogP contribution in [0, 0.1) is 10.7 Å². The lowest BCUT2D eigenvalue weighted by molar-refractivity contribution is -0.147. The number of rotatable bonds is 12. The Balaban J connectivity index is 1.77. The predicted octanol–water partition coefficient (Wildman–Crippen LogP) is 3.18. The topological polar surface area (TPSA) is 149 Å². The summed E-state index contributed by atoms with van der Waals surface area (Å²) in [6.45, 7) is 4.73. The van der Waals surface area contributed by atoms with Gasteiger partial charge in [-0.15, -0.1) is 0 Å². The molecule has 3 rings (SSSR count). The van der Waals surface area contributed by atoms with Gasteiger partial charge in [0, 0.05) is 12.3 Å². The molecule has 0 spiro atoms. The number of unbranched alkanes of at least 4 members (excludes halogenated alkanes) is 1. The van der Waals surface area contributed by atoms with E-state index in [0.29, 0.717) is 6.42 Å². The summed E-state index contributed by atoms with van der Waals surface area (Å²) >= 11 is 5.16. The van der Waals surface area contributed by atoms with Crippen LogP contribution in [-0.4, -0.2) is 62.9 Å². The molecule has 2 heterocycles. The number of aromatic amines is 1. The van der Waals surface area contributed by atoms with E-state index in [4.69, 9.17) is 30.7 Å². The molecule has 2 unspecified atom stereocenters. The molecule has 2 aromatic rings. The molecule has 1 aromatic carbocycles. The third-order valence-corrected chi connectivity index (χ3v) is 8.26. The Morgan fingerprint density at radius 1 is 1.32 bits per heavy atom. The second-order valence-corrected chi connectivity index (χ2v) is 11.5. The van der Waals surface area contributed by atoms with Crippen molar-refractivity contribution < 1.29 is 38.1 Å². The zero-order chi connectivity index (χ0) is 27.2. The summed E-state index contributed by atoms with van der Waals surface area (Å²) < 4.78 is 37.5. The van der Waals surface area contributed by atoms with Gasteiger partial charge in [-0.3, -0.25) is 23.7 Å². The van der Waals surface area contributed by atoms with Crippen molar-refractivity contribution in [3.63, 3.8) is 0 Å². The Morgan fingerprint density at radius 2 is 2.03 bits per heavy atom. The molecule has 204 valence electrons. The number of aliphatic hydroxyl groups is 2. The number of esters is 1. The van der Waals surface area contributed by atoms with Gasteiger partial charge in [0.1, 0.15) is 23.6 Å². The number of carbonyl (C=O) groups excluding carboxylic acids is 1. The number of hydrogen-bond donors (Lipinski definition) is 3. The third kappa shape index (κ3) is 7.37. The van der Waals surface area contributed by atoms with Crippen molar-refractivity contribution in [3.05, 3.63) is 57.7 Å². The molecular weight excluding hydrogens is 523 g/mol. The Morgan fingerprint density at radius 3 is 2.68 bits per heavy atom. The highest BCUT2D eigenvalue weighted by atomic mass is 32.1. The summed E-state index contributed by atoms with van der Waals surface area (Å²) in [6, 6.07) is 9.55. The summed E-state index contributed by atoms with van der Waals surface area (Å²) in [7, 11) is -3.97. The Hall–Kier alpha value is -2.34. The Bertz CT molecular complexity index is 1220. The minimum absolute atomic E-state index is 0.0139. The van der Waals surface area contributed by atoms with Crippen molar-refractivity contribution in [2.45, 2.75) is 57.6 Å². The molecule has 0 aliphatic carbocycles. The van der Waals surface area contributed by atoms with Gasteiger partial charge in [-0.25, -0.2) is 4.57 Å². The zero-order valence-corrected chi connectivity index (χ0v) is 22.7. The maximum Gasteiger partial charge on any atom is 0.380 e. The summed E-state index contributed by atoms with van der Waals surface area (Å²) in [5, 5.41) is 21.8. The van der Waals surface area contributed by atoms with Crippen LogP contribution in [0.3, 0.4) is 0 Å². The average Bonchev–Trinajstić information content (AvgIpc) is 3.07. The number of benzene rings is 1. The number of carbonyl (C=O) groups is 1. The van der Waals surface area contributed by atoms with Gasteiger partial charge in [-0.2, -0.15) is 0 Å². The summed E-state index contributed by atoms with van der Waals surface area (Å²) in [4.78, 5) is 26.4. The second-order valence-electron chi connectivity index (χ2n) is 9.13. The number of hydrogen-bond acceptors (Lipinski definition) is 10. The van der Waals surface area contributed by atoms with E-state index in [1.807, 2.05) is 6.92 Å². The van der Waals surface area contributed by atoms with Crippen molar-refractivity contribution in [3.8, 4) is 5.75 Å². The van der Waals surface area contributed by atoms with E-state index in [1.54, 1.807) is 37.3 Å². The first-order chi connectivity index (χ1) is 17.5. The molecule has 1 aliphatic heterocycles. The minimum Gasteiger partial charge on any atom is -0.465 e. The molecule has 6 atom stereocenters. The number of nitrogens with zero attached hydrogens (tertiary/aromatic N) is 1. The van der Waals surface area contributed by atoms with Gasteiger partial charge in [0.15, 0.2) is 11.0 Å². The minimum atomic E-state index is -3.97. The lowest BCUT2D eigenvalue weighted by atomic mass is 9.96. The second kappa shape index (κ2) is 12.5. The average molecular weight is 557 g/mol. The molecule has 0 bridgehead atoms. The number of aliphatic hydroxyl groups excluding tert-OH is 1.